The fourth-order valence-electron chi connectivity index (χ4n) is 2.38. The van der Waals surface area contributed by atoms with E-state index in [1.165, 1.54) is 29.6 Å². The van der Waals surface area contributed by atoms with Crippen LogP contribution in [0.4, 0.5) is 17.6 Å². The highest BCUT2D eigenvalue weighted by molar-refractivity contribution is 6.02. The second kappa shape index (κ2) is 6.18. The number of hydrogen-bond acceptors (Lipinski definition) is 6. The van der Waals surface area contributed by atoms with Crippen LogP contribution in [0.2, 0.25) is 0 Å². The van der Waals surface area contributed by atoms with E-state index in [1.807, 2.05) is 0 Å². The number of nitrogens with one attached hydrogen (secondary N) is 1. The van der Waals surface area contributed by atoms with E-state index in [0.29, 0.717) is 0 Å². The van der Waals surface area contributed by atoms with Gasteiger partial charge in [-0.3, -0.25) is 9.80 Å². The summed E-state index contributed by atoms with van der Waals surface area (Å²) in [6, 6.07) is -0.882. The minimum atomic E-state index is -4.18. The van der Waals surface area contributed by atoms with Gasteiger partial charge in [-0.1, -0.05) is 6.08 Å². The van der Waals surface area contributed by atoms with Crippen LogP contribution in [0.15, 0.2) is 34.5 Å². The summed E-state index contributed by atoms with van der Waals surface area (Å²) in [5.74, 6) is -4.62. The molecule has 12 heteroatoms. The van der Waals surface area contributed by atoms with Crippen molar-refractivity contribution in [1.82, 2.24) is 24.7 Å². The first-order chi connectivity index (χ1) is 11.8. The van der Waals surface area contributed by atoms with Crippen LogP contribution in [0.1, 0.15) is 0 Å². The summed E-state index contributed by atoms with van der Waals surface area (Å²) in [5.41, 5.74) is -0.244. The molecule has 0 bridgehead atoms. The highest BCUT2D eigenvalue weighted by atomic mass is 19.3. The molecule has 2 heterocycles. The number of carbonyl (C=O) groups is 1. The Morgan fingerprint density at radius 2 is 2.12 bits per heavy atom. The molecule has 0 saturated carbocycles. The largest absolute Gasteiger partial charge is 0.347 e. The lowest BCUT2D eigenvalue weighted by Crippen LogP contribution is -2.44. The maximum Gasteiger partial charge on any atom is 0.347 e. The maximum atomic E-state index is 13.1. The minimum Gasteiger partial charge on any atom is -0.336 e. The molecule has 1 unspecified atom stereocenters. The van der Waals surface area contributed by atoms with Crippen LogP contribution in [0, 0.1) is 0 Å². The van der Waals surface area contributed by atoms with E-state index < -0.39 is 36.4 Å². The van der Waals surface area contributed by atoms with E-state index in [4.69, 9.17) is 0 Å². The lowest BCUT2D eigenvalue weighted by Gasteiger charge is -2.27. The summed E-state index contributed by atoms with van der Waals surface area (Å²) in [4.78, 5) is 24.6. The predicted octanol–water partition coefficient (Wildman–Crippen LogP) is 0.339. The van der Waals surface area contributed by atoms with Crippen LogP contribution in [-0.2, 0) is 4.79 Å². The number of alkyl halides is 4. The number of hydrogen-bond donors (Lipinski definition) is 1. The number of rotatable bonds is 5. The number of ketones is 1. The summed E-state index contributed by atoms with van der Waals surface area (Å²) < 4.78 is 51.8. The van der Waals surface area contributed by atoms with Gasteiger partial charge in [-0.2, -0.15) is 19.0 Å². The Morgan fingerprint density at radius 1 is 1.36 bits per heavy atom. The quantitative estimate of drug-likeness (QED) is 0.766. The second-order valence-corrected chi connectivity index (χ2v) is 5.43. The summed E-state index contributed by atoms with van der Waals surface area (Å²) in [6.07, 6.45) is 2.50. The van der Waals surface area contributed by atoms with E-state index in [0.717, 1.165) is 15.8 Å². The lowest BCUT2D eigenvalue weighted by atomic mass is 10.1. The number of aromatic nitrogens is 3. The minimum absolute atomic E-state index is 0.238. The van der Waals surface area contributed by atoms with Crippen molar-refractivity contribution in [3.05, 3.63) is 35.0 Å². The number of nitrogens with zero attached hydrogens (tertiary/aromatic N) is 5. The van der Waals surface area contributed by atoms with Gasteiger partial charge < -0.3 is 4.90 Å². The Balaban J connectivity index is 1.66. The van der Waals surface area contributed by atoms with Crippen LogP contribution in [0.3, 0.4) is 0 Å². The summed E-state index contributed by atoms with van der Waals surface area (Å²) >= 11 is 0. The molecule has 2 aliphatic rings. The maximum absolute atomic E-state index is 13.1. The van der Waals surface area contributed by atoms with Gasteiger partial charge in [0, 0.05) is 6.08 Å². The normalized spacial score (nSPS) is 20.8. The number of carbonyl (C=O) groups excluding carboxylic acids is 1. The summed E-state index contributed by atoms with van der Waals surface area (Å²) in [6.45, 7) is -1.45. The van der Waals surface area contributed by atoms with Gasteiger partial charge in [-0.15, -0.1) is 0 Å². The number of H-pyrrole nitrogens is 1. The lowest BCUT2D eigenvalue weighted by molar-refractivity contribution is -0.137. The third kappa shape index (κ3) is 3.32. The van der Waals surface area contributed by atoms with E-state index in [9.17, 15) is 27.2 Å². The molecule has 25 heavy (non-hydrogen) atoms. The van der Waals surface area contributed by atoms with Gasteiger partial charge >= 0.3 is 18.0 Å². The monoisotopic (exact) mass is 360 g/mol. The second-order valence-electron chi connectivity index (χ2n) is 5.43. The van der Waals surface area contributed by atoms with Crippen molar-refractivity contribution in [3.8, 4) is 0 Å². The van der Waals surface area contributed by atoms with Crippen LogP contribution >= 0.6 is 0 Å². The van der Waals surface area contributed by atoms with Gasteiger partial charge in [0.05, 0.1) is 12.2 Å². The molecule has 1 aromatic heterocycles. The molecule has 0 saturated heterocycles. The SMILES string of the molecule is O=C1C=C(n2cn[nH]c2=O)C=CC1N1CN(CC(F)(F)C(F)F)C=N1. The Morgan fingerprint density at radius 3 is 2.72 bits per heavy atom. The van der Waals surface area contributed by atoms with Crippen LogP contribution in [0.25, 0.3) is 5.70 Å². The predicted molar refractivity (Wildman–Crippen MR) is 77.9 cm³/mol. The van der Waals surface area contributed by atoms with E-state index in [2.05, 4.69) is 15.3 Å². The van der Waals surface area contributed by atoms with Crippen LogP contribution in [-0.4, -0.2) is 68.4 Å². The first-order valence-corrected chi connectivity index (χ1v) is 7.05. The van der Waals surface area contributed by atoms with Gasteiger partial charge in [-0.25, -0.2) is 23.2 Å². The van der Waals surface area contributed by atoms with E-state index in [1.54, 1.807) is 0 Å². The number of hydrazone groups is 1. The molecule has 8 nitrogen and oxygen atoms in total. The van der Waals surface area contributed by atoms with Gasteiger partial charge in [0.15, 0.2) is 5.78 Å². The van der Waals surface area contributed by atoms with Crippen molar-refractivity contribution in [2.45, 2.75) is 18.4 Å². The molecule has 3 rings (SSSR count). The number of halogens is 4. The molecule has 1 aliphatic heterocycles. The van der Waals surface area contributed by atoms with Crippen molar-refractivity contribution < 1.29 is 22.4 Å². The number of allylic oxidation sites excluding steroid dienone is 2. The van der Waals surface area contributed by atoms with Gasteiger partial charge in [0.1, 0.15) is 25.4 Å². The molecular formula is C13H12F4N6O2. The van der Waals surface area contributed by atoms with Crippen molar-refractivity contribution in [2.24, 2.45) is 5.10 Å². The fourth-order valence-corrected chi connectivity index (χ4v) is 2.38. The molecule has 0 amide bonds. The topological polar surface area (TPSA) is 86.6 Å². The fraction of sp³-hybridized carbons (Fsp3) is 0.385. The summed E-state index contributed by atoms with van der Waals surface area (Å²) in [5, 5.41) is 10.7. The molecule has 1 atom stereocenters. The molecule has 0 fully saturated rings. The first-order valence-electron chi connectivity index (χ1n) is 7.05. The van der Waals surface area contributed by atoms with E-state index in [-0.39, 0.29) is 12.4 Å². The van der Waals surface area contributed by atoms with Gasteiger partial charge in [-0.05, 0) is 6.08 Å². The molecule has 0 radical (unpaired) electrons. The average Bonchev–Trinajstić information content (AvgIpc) is 3.15. The molecule has 1 aromatic rings. The molecule has 134 valence electrons. The summed E-state index contributed by atoms with van der Waals surface area (Å²) in [7, 11) is 0. The molecule has 0 spiro atoms. The number of aromatic amines is 1. The zero-order valence-corrected chi connectivity index (χ0v) is 12.5. The zero-order chi connectivity index (χ0) is 18.2. The Kier molecular flexibility index (Phi) is 4.18. The average molecular weight is 360 g/mol. The van der Waals surface area contributed by atoms with Gasteiger partial charge in [0.25, 0.3) is 0 Å². The van der Waals surface area contributed by atoms with Gasteiger partial charge in [0.2, 0.25) is 0 Å². The highest BCUT2D eigenvalue weighted by Crippen LogP contribution is 2.25. The third-order valence-corrected chi connectivity index (χ3v) is 3.61. The molecule has 0 aromatic carbocycles. The van der Waals surface area contributed by atoms with Crippen molar-refractivity contribution in [3.63, 3.8) is 0 Å². The Hall–Kier alpha value is -2.92. The smallest absolute Gasteiger partial charge is 0.336 e. The van der Waals surface area contributed by atoms with Crippen LogP contribution in [0.5, 0.6) is 0 Å². The first kappa shape index (κ1) is 16.9. The standard InChI is InChI=1S/C13H12F4N6O2/c14-11(15)13(16,17)4-21-6-19-23(7-21)9-2-1-8(3-10(9)24)22-5-18-20-12(22)25/h1-3,5-6,9,11H,4,7H2,(H,20,25). The Bertz CT molecular complexity index is 811. The van der Waals surface area contributed by atoms with E-state index >= 15 is 0 Å². The van der Waals surface area contributed by atoms with Crippen molar-refractivity contribution in [1.29, 1.82) is 0 Å². The third-order valence-electron chi connectivity index (χ3n) is 3.61. The molecule has 1 aliphatic carbocycles. The Labute approximate surface area is 137 Å². The van der Waals surface area contributed by atoms with Crippen LogP contribution < -0.4 is 5.69 Å². The highest BCUT2D eigenvalue weighted by Gasteiger charge is 2.43. The van der Waals surface area contributed by atoms with Crippen molar-refractivity contribution in [2.75, 3.05) is 13.2 Å². The molecular weight excluding hydrogens is 348 g/mol. The van der Waals surface area contributed by atoms with Crippen molar-refractivity contribution >= 4 is 17.8 Å². The molecule has 1 N–H and O–H groups in total. The zero-order valence-electron chi connectivity index (χ0n) is 12.5.